The summed E-state index contributed by atoms with van der Waals surface area (Å²) in [6, 6.07) is 2.50. The highest BCUT2D eigenvalue weighted by atomic mass is 32.2. The van der Waals surface area contributed by atoms with Crippen molar-refractivity contribution in [2.24, 2.45) is 0 Å². The van der Waals surface area contributed by atoms with E-state index in [4.69, 9.17) is 10.5 Å². The lowest BCUT2D eigenvalue weighted by atomic mass is 10.1. The molecule has 2 rings (SSSR count). The minimum absolute atomic E-state index is 0.0783. The summed E-state index contributed by atoms with van der Waals surface area (Å²) in [5.74, 6) is -0.0702. The van der Waals surface area contributed by atoms with E-state index in [1.165, 1.54) is 12.1 Å². The first-order chi connectivity index (χ1) is 9.91. The molecule has 118 valence electrons. The molecule has 1 unspecified atom stereocenters. The van der Waals surface area contributed by atoms with Gasteiger partial charge in [-0.05, 0) is 19.3 Å². The molecule has 1 saturated heterocycles. The van der Waals surface area contributed by atoms with Crippen molar-refractivity contribution in [1.82, 2.24) is 0 Å². The number of nitrogens with two attached hydrogens (primary N) is 1. The number of rotatable bonds is 5. The van der Waals surface area contributed by atoms with Crippen LogP contribution in [0.3, 0.4) is 0 Å². The van der Waals surface area contributed by atoms with Crippen LogP contribution in [0.4, 0.5) is 15.8 Å². The maximum Gasteiger partial charge on any atom is 0.167 e. The Kier molecular flexibility index (Phi) is 4.92. The number of hydrogen-bond donors (Lipinski definition) is 2. The number of anilines is 2. The normalized spacial score (nSPS) is 21.0. The highest BCUT2D eigenvalue weighted by Crippen LogP contribution is 2.30. The first kappa shape index (κ1) is 15.9. The van der Waals surface area contributed by atoms with E-state index in [0.717, 1.165) is 12.8 Å². The predicted molar refractivity (Wildman–Crippen MR) is 81.9 cm³/mol. The fourth-order valence-corrected chi connectivity index (χ4v) is 4.01. The molecule has 3 N–H and O–H groups in total. The van der Waals surface area contributed by atoms with Gasteiger partial charge < -0.3 is 15.8 Å². The molecule has 1 aliphatic heterocycles. The van der Waals surface area contributed by atoms with Gasteiger partial charge in [0.15, 0.2) is 21.4 Å². The molecule has 0 aromatic heterocycles. The van der Waals surface area contributed by atoms with Crippen LogP contribution in [-0.2, 0) is 9.84 Å². The van der Waals surface area contributed by atoms with Crippen LogP contribution in [0.5, 0.6) is 5.75 Å². The number of sulfone groups is 1. The topological polar surface area (TPSA) is 81.4 Å². The van der Waals surface area contributed by atoms with E-state index < -0.39 is 15.7 Å². The molecule has 0 aliphatic carbocycles. The first-order valence-electron chi connectivity index (χ1n) is 7.10. The minimum Gasteiger partial charge on any atom is -0.490 e. The highest BCUT2D eigenvalue weighted by molar-refractivity contribution is 7.91. The zero-order chi connectivity index (χ0) is 15.5. The van der Waals surface area contributed by atoms with Crippen LogP contribution in [-0.4, -0.2) is 32.6 Å². The third-order valence-corrected chi connectivity index (χ3v) is 5.21. The quantitative estimate of drug-likeness (QED) is 0.814. The number of ether oxygens (including phenoxy) is 1. The van der Waals surface area contributed by atoms with Gasteiger partial charge in [-0.25, -0.2) is 12.8 Å². The molecule has 1 aliphatic rings. The van der Waals surface area contributed by atoms with E-state index in [1.807, 2.05) is 6.92 Å². The van der Waals surface area contributed by atoms with Crippen LogP contribution in [0, 0.1) is 5.82 Å². The molecule has 0 bridgehead atoms. The summed E-state index contributed by atoms with van der Waals surface area (Å²) >= 11 is 0. The third-order valence-electron chi connectivity index (χ3n) is 3.39. The molecule has 0 radical (unpaired) electrons. The van der Waals surface area contributed by atoms with Crippen molar-refractivity contribution in [3.8, 4) is 5.75 Å². The standard InChI is InChI=1S/C14H21FN2O3S/c1-2-5-20-14-8-13(12(16)7-11(14)15)17-10-4-3-6-21(18,19)9-10/h7-8,10,17H,2-6,9,16H2,1H3. The largest absolute Gasteiger partial charge is 0.490 e. The van der Waals surface area contributed by atoms with Gasteiger partial charge in [0.05, 0.1) is 29.5 Å². The smallest absolute Gasteiger partial charge is 0.167 e. The van der Waals surface area contributed by atoms with Gasteiger partial charge >= 0.3 is 0 Å². The predicted octanol–water partition coefficient (Wildman–Crippen LogP) is 2.19. The molecule has 0 saturated carbocycles. The Bertz CT molecular complexity index is 604. The zero-order valence-corrected chi connectivity index (χ0v) is 12.9. The molecule has 7 heteroatoms. The van der Waals surface area contributed by atoms with Gasteiger partial charge in [0, 0.05) is 18.2 Å². The number of benzene rings is 1. The number of nitrogens with one attached hydrogen (secondary N) is 1. The number of nitrogen functional groups attached to an aromatic ring is 1. The van der Waals surface area contributed by atoms with Crippen molar-refractivity contribution in [3.63, 3.8) is 0 Å². The van der Waals surface area contributed by atoms with Crippen LogP contribution in [0.1, 0.15) is 26.2 Å². The number of hydrogen-bond acceptors (Lipinski definition) is 5. The summed E-state index contributed by atoms with van der Waals surface area (Å²) < 4.78 is 42.3. The summed E-state index contributed by atoms with van der Waals surface area (Å²) in [5.41, 5.74) is 6.56. The molecule has 1 atom stereocenters. The maximum atomic E-state index is 13.7. The summed E-state index contributed by atoms with van der Waals surface area (Å²) in [7, 11) is -3.01. The lowest BCUT2D eigenvalue weighted by molar-refractivity contribution is 0.301. The van der Waals surface area contributed by atoms with E-state index in [0.29, 0.717) is 18.7 Å². The fraction of sp³-hybridized carbons (Fsp3) is 0.571. The van der Waals surface area contributed by atoms with Crippen molar-refractivity contribution >= 4 is 21.2 Å². The molecule has 21 heavy (non-hydrogen) atoms. The second-order valence-corrected chi connectivity index (χ2v) is 7.54. The Morgan fingerprint density at radius 2 is 2.24 bits per heavy atom. The van der Waals surface area contributed by atoms with Crippen LogP contribution < -0.4 is 15.8 Å². The van der Waals surface area contributed by atoms with Crippen LogP contribution in [0.2, 0.25) is 0 Å². The first-order valence-corrected chi connectivity index (χ1v) is 8.92. The summed E-state index contributed by atoms with van der Waals surface area (Å²) in [6.07, 6.45) is 2.15. The van der Waals surface area contributed by atoms with Crippen molar-refractivity contribution in [2.75, 3.05) is 29.2 Å². The van der Waals surface area contributed by atoms with Gasteiger partial charge in [-0.1, -0.05) is 6.92 Å². The SMILES string of the molecule is CCCOc1cc(NC2CCCS(=O)(=O)C2)c(N)cc1F. The fourth-order valence-electron chi connectivity index (χ4n) is 2.37. The highest BCUT2D eigenvalue weighted by Gasteiger charge is 2.25. The Labute approximate surface area is 124 Å². The van der Waals surface area contributed by atoms with Gasteiger partial charge in [0.1, 0.15) is 0 Å². The van der Waals surface area contributed by atoms with Gasteiger partial charge in [-0.2, -0.15) is 0 Å². The molecule has 5 nitrogen and oxygen atoms in total. The number of halogens is 1. The molecule has 1 fully saturated rings. The second kappa shape index (κ2) is 6.51. The van der Waals surface area contributed by atoms with Crippen LogP contribution >= 0.6 is 0 Å². The average molecular weight is 316 g/mol. The summed E-state index contributed by atoms with van der Waals surface area (Å²) in [6.45, 7) is 2.35. The Hall–Kier alpha value is -1.50. The molecule has 0 amide bonds. The average Bonchev–Trinajstić information content (AvgIpc) is 2.39. The maximum absolute atomic E-state index is 13.7. The van der Waals surface area contributed by atoms with Gasteiger partial charge in [-0.3, -0.25) is 0 Å². The Balaban J connectivity index is 2.15. The molecular formula is C14H21FN2O3S. The molecule has 0 spiro atoms. The monoisotopic (exact) mass is 316 g/mol. The van der Waals surface area contributed by atoms with Crippen molar-refractivity contribution in [1.29, 1.82) is 0 Å². The van der Waals surface area contributed by atoms with Crippen molar-refractivity contribution in [2.45, 2.75) is 32.2 Å². The van der Waals surface area contributed by atoms with Crippen molar-refractivity contribution in [3.05, 3.63) is 17.9 Å². The zero-order valence-electron chi connectivity index (χ0n) is 12.1. The summed E-state index contributed by atoms with van der Waals surface area (Å²) in [4.78, 5) is 0. The Morgan fingerprint density at radius 1 is 1.48 bits per heavy atom. The van der Waals surface area contributed by atoms with E-state index in [1.54, 1.807) is 0 Å². The van der Waals surface area contributed by atoms with Gasteiger partial charge in [-0.15, -0.1) is 0 Å². The van der Waals surface area contributed by atoms with E-state index in [2.05, 4.69) is 5.32 Å². The Morgan fingerprint density at radius 3 is 2.90 bits per heavy atom. The molecule has 1 aromatic rings. The third kappa shape index (κ3) is 4.23. The summed E-state index contributed by atoms with van der Waals surface area (Å²) in [5, 5.41) is 3.10. The van der Waals surface area contributed by atoms with Gasteiger partial charge in [0.25, 0.3) is 0 Å². The minimum atomic E-state index is -3.01. The molecular weight excluding hydrogens is 295 g/mol. The molecule has 1 heterocycles. The van der Waals surface area contributed by atoms with Crippen molar-refractivity contribution < 1.29 is 17.5 Å². The van der Waals surface area contributed by atoms with Crippen LogP contribution in [0.15, 0.2) is 12.1 Å². The second-order valence-electron chi connectivity index (χ2n) is 5.32. The van der Waals surface area contributed by atoms with Gasteiger partial charge in [0.2, 0.25) is 0 Å². The lowest BCUT2D eigenvalue weighted by Crippen LogP contribution is -2.35. The van der Waals surface area contributed by atoms with E-state index in [9.17, 15) is 12.8 Å². The molecule has 1 aromatic carbocycles. The van der Waals surface area contributed by atoms with E-state index in [-0.39, 0.29) is 29.0 Å². The van der Waals surface area contributed by atoms with Crippen LogP contribution in [0.25, 0.3) is 0 Å². The van der Waals surface area contributed by atoms with E-state index >= 15 is 0 Å². The lowest BCUT2D eigenvalue weighted by Gasteiger charge is -2.25.